The van der Waals surface area contributed by atoms with Gasteiger partial charge in [-0.2, -0.15) is 0 Å². The first-order valence-electron chi connectivity index (χ1n) is 6.91. The van der Waals surface area contributed by atoms with Gasteiger partial charge in [0.2, 0.25) is 0 Å². The molecule has 1 saturated carbocycles. The largest absolute Gasteiger partial charge is 0.493 e. The van der Waals surface area contributed by atoms with Crippen LogP contribution in [0.3, 0.4) is 0 Å². The number of hydrogen-bond donors (Lipinski definition) is 1. The minimum atomic E-state index is 0.101. The molecule has 19 heavy (non-hydrogen) atoms. The molecule has 1 aliphatic carbocycles. The molecule has 4 heteroatoms. The van der Waals surface area contributed by atoms with Crippen molar-refractivity contribution in [1.29, 1.82) is 0 Å². The van der Waals surface area contributed by atoms with E-state index in [0.29, 0.717) is 13.2 Å². The molecule has 1 saturated heterocycles. The maximum atomic E-state index is 6.15. The molecule has 0 spiro atoms. The van der Waals surface area contributed by atoms with Crippen molar-refractivity contribution >= 4 is 0 Å². The van der Waals surface area contributed by atoms with Gasteiger partial charge in [-0.05, 0) is 18.9 Å². The molecule has 0 radical (unpaired) electrons. The second-order valence-corrected chi connectivity index (χ2v) is 5.42. The van der Waals surface area contributed by atoms with Gasteiger partial charge in [-0.15, -0.1) is 0 Å². The van der Waals surface area contributed by atoms with Gasteiger partial charge in [0.15, 0.2) is 11.5 Å². The monoisotopic (exact) mass is 263 g/mol. The highest BCUT2D eigenvalue weighted by Crippen LogP contribution is 2.52. The lowest BCUT2D eigenvalue weighted by molar-refractivity contribution is 0.137. The summed E-state index contributed by atoms with van der Waals surface area (Å²) in [5.41, 5.74) is 7.24. The van der Waals surface area contributed by atoms with Crippen LogP contribution in [-0.4, -0.2) is 33.0 Å². The molecule has 2 aliphatic rings. The Morgan fingerprint density at radius 2 is 2.26 bits per heavy atom. The van der Waals surface area contributed by atoms with Crippen molar-refractivity contribution < 1.29 is 14.2 Å². The summed E-state index contributed by atoms with van der Waals surface area (Å²) in [6.45, 7) is 2.10. The third-order valence-corrected chi connectivity index (χ3v) is 4.19. The van der Waals surface area contributed by atoms with Gasteiger partial charge in [-0.3, -0.25) is 0 Å². The molecule has 2 N–H and O–H groups in total. The van der Waals surface area contributed by atoms with Gasteiger partial charge in [-0.1, -0.05) is 12.1 Å². The molecule has 0 bridgehead atoms. The zero-order chi connectivity index (χ0) is 13.3. The van der Waals surface area contributed by atoms with Crippen LogP contribution in [0.2, 0.25) is 0 Å². The summed E-state index contributed by atoms with van der Waals surface area (Å²) in [7, 11) is 1.68. The highest BCUT2D eigenvalue weighted by molar-refractivity contribution is 5.52. The van der Waals surface area contributed by atoms with E-state index >= 15 is 0 Å². The van der Waals surface area contributed by atoms with Crippen molar-refractivity contribution in [3.8, 4) is 11.5 Å². The van der Waals surface area contributed by atoms with E-state index in [2.05, 4.69) is 6.07 Å². The minimum absolute atomic E-state index is 0.101. The summed E-state index contributed by atoms with van der Waals surface area (Å²) in [5.74, 6) is 1.66. The summed E-state index contributed by atoms with van der Waals surface area (Å²) in [6, 6.07) is 6.08. The van der Waals surface area contributed by atoms with Gasteiger partial charge in [0, 0.05) is 23.9 Å². The molecular formula is C15H21NO3. The zero-order valence-corrected chi connectivity index (χ0v) is 11.4. The van der Waals surface area contributed by atoms with Crippen molar-refractivity contribution in [1.82, 2.24) is 0 Å². The van der Waals surface area contributed by atoms with Gasteiger partial charge in [0.05, 0.1) is 20.3 Å². The highest BCUT2D eigenvalue weighted by Gasteiger charge is 2.45. The van der Waals surface area contributed by atoms with E-state index in [1.165, 1.54) is 5.56 Å². The van der Waals surface area contributed by atoms with Gasteiger partial charge in [-0.25, -0.2) is 0 Å². The Morgan fingerprint density at radius 1 is 1.42 bits per heavy atom. The average molecular weight is 263 g/mol. The fourth-order valence-corrected chi connectivity index (χ4v) is 2.72. The number of ether oxygens (including phenoxy) is 3. The summed E-state index contributed by atoms with van der Waals surface area (Å²) >= 11 is 0. The van der Waals surface area contributed by atoms with Crippen molar-refractivity contribution in [2.45, 2.75) is 30.8 Å². The molecule has 1 atom stereocenters. The van der Waals surface area contributed by atoms with Crippen molar-refractivity contribution in [2.75, 3.05) is 26.9 Å². The SMILES string of the molecule is COc1cccc(C2(CN)CC2)c1OC1CCOC1. The molecule has 0 amide bonds. The van der Waals surface area contributed by atoms with Crippen LogP contribution in [0.5, 0.6) is 11.5 Å². The molecule has 1 aromatic rings. The second-order valence-electron chi connectivity index (χ2n) is 5.42. The molecular weight excluding hydrogens is 242 g/mol. The first-order valence-corrected chi connectivity index (χ1v) is 6.91. The Hall–Kier alpha value is -1.26. The van der Waals surface area contributed by atoms with E-state index in [1.54, 1.807) is 7.11 Å². The van der Waals surface area contributed by atoms with Crippen LogP contribution in [0.25, 0.3) is 0 Å². The normalized spacial score (nSPS) is 24.2. The molecule has 1 aromatic carbocycles. The van der Waals surface area contributed by atoms with Crippen LogP contribution in [0.4, 0.5) is 0 Å². The lowest BCUT2D eigenvalue weighted by Gasteiger charge is -2.22. The summed E-state index contributed by atoms with van der Waals surface area (Å²) in [5, 5.41) is 0. The third-order valence-electron chi connectivity index (χ3n) is 4.19. The summed E-state index contributed by atoms with van der Waals surface area (Å²) in [6.07, 6.45) is 3.33. The molecule has 1 unspecified atom stereocenters. The fourth-order valence-electron chi connectivity index (χ4n) is 2.72. The van der Waals surface area contributed by atoms with Crippen LogP contribution >= 0.6 is 0 Å². The minimum Gasteiger partial charge on any atom is -0.493 e. The Kier molecular flexibility index (Phi) is 3.37. The molecule has 104 valence electrons. The van der Waals surface area contributed by atoms with E-state index in [9.17, 15) is 0 Å². The molecule has 0 aromatic heterocycles. The maximum Gasteiger partial charge on any atom is 0.165 e. The second kappa shape index (κ2) is 5.02. The van der Waals surface area contributed by atoms with Crippen LogP contribution in [0, 0.1) is 0 Å². The van der Waals surface area contributed by atoms with E-state index in [1.807, 2.05) is 12.1 Å². The number of methoxy groups -OCH3 is 1. The Bertz CT molecular complexity index is 451. The van der Waals surface area contributed by atoms with Crippen LogP contribution in [0.1, 0.15) is 24.8 Å². The lowest BCUT2D eigenvalue weighted by atomic mass is 9.94. The van der Waals surface area contributed by atoms with E-state index in [-0.39, 0.29) is 11.5 Å². The van der Waals surface area contributed by atoms with Crippen LogP contribution in [-0.2, 0) is 10.2 Å². The Morgan fingerprint density at radius 3 is 2.84 bits per heavy atom. The molecule has 1 aliphatic heterocycles. The molecule has 2 fully saturated rings. The van der Waals surface area contributed by atoms with E-state index < -0.39 is 0 Å². The number of hydrogen-bond acceptors (Lipinski definition) is 4. The number of nitrogens with two attached hydrogens (primary N) is 1. The third kappa shape index (κ3) is 2.30. The van der Waals surface area contributed by atoms with E-state index in [0.717, 1.165) is 37.4 Å². The summed E-state index contributed by atoms with van der Waals surface area (Å²) in [4.78, 5) is 0. The average Bonchev–Trinajstić information content (AvgIpc) is 3.08. The highest BCUT2D eigenvalue weighted by atomic mass is 16.6. The van der Waals surface area contributed by atoms with Gasteiger partial charge < -0.3 is 19.9 Å². The topological polar surface area (TPSA) is 53.7 Å². The maximum absolute atomic E-state index is 6.15. The molecule has 3 rings (SSSR count). The van der Waals surface area contributed by atoms with Crippen LogP contribution in [0.15, 0.2) is 18.2 Å². The van der Waals surface area contributed by atoms with Gasteiger partial charge in [0.25, 0.3) is 0 Å². The number of para-hydroxylation sites is 1. The smallest absolute Gasteiger partial charge is 0.165 e. The lowest BCUT2D eigenvalue weighted by Crippen LogP contribution is -2.23. The van der Waals surface area contributed by atoms with Crippen molar-refractivity contribution in [3.63, 3.8) is 0 Å². The van der Waals surface area contributed by atoms with Crippen LogP contribution < -0.4 is 15.2 Å². The number of rotatable bonds is 5. The summed E-state index contributed by atoms with van der Waals surface area (Å²) < 4.78 is 17.0. The van der Waals surface area contributed by atoms with Gasteiger partial charge >= 0.3 is 0 Å². The number of benzene rings is 1. The molecule has 4 nitrogen and oxygen atoms in total. The predicted octanol–water partition coefficient (Wildman–Crippen LogP) is 1.85. The van der Waals surface area contributed by atoms with Crippen molar-refractivity contribution in [2.24, 2.45) is 5.73 Å². The van der Waals surface area contributed by atoms with E-state index in [4.69, 9.17) is 19.9 Å². The van der Waals surface area contributed by atoms with Gasteiger partial charge in [0.1, 0.15) is 6.10 Å². The standard InChI is InChI=1S/C15H21NO3/c1-17-13-4-2-3-12(15(10-16)6-7-15)14(13)19-11-5-8-18-9-11/h2-4,11H,5-10,16H2,1H3. The first-order chi connectivity index (χ1) is 9.29. The quantitative estimate of drug-likeness (QED) is 0.881. The van der Waals surface area contributed by atoms with Crippen molar-refractivity contribution in [3.05, 3.63) is 23.8 Å². The fraction of sp³-hybridized carbons (Fsp3) is 0.600. The first kappa shape index (κ1) is 12.8. The zero-order valence-electron chi connectivity index (χ0n) is 11.4. The predicted molar refractivity (Wildman–Crippen MR) is 72.8 cm³/mol. The molecule has 1 heterocycles. The Balaban J connectivity index is 1.94. The Labute approximate surface area is 113 Å².